The Morgan fingerprint density at radius 3 is 2.44 bits per heavy atom. The molecule has 0 radical (unpaired) electrons. The van der Waals surface area contributed by atoms with Crippen molar-refractivity contribution in [2.45, 2.75) is 19.8 Å². The van der Waals surface area contributed by atoms with Crippen molar-refractivity contribution in [1.82, 2.24) is 5.43 Å². The predicted molar refractivity (Wildman–Crippen MR) is 128 cm³/mol. The summed E-state index contributed by atoms with van der Waals surface area (Å²) in [5, 5.41) is 4.45. The van der Waals surface area contributed by atoms with Gasteiger partial charge in [-0.15, -0.1) is 6.42 Å². The topological polar surface area (TPSA) is 41.5 Å². The van der Waals surface area contributed by atoms with Crippen molar-refractivity contribution in [2.24, 2.45) is 5.10 Å². The standard InChI is InChI=1S/C28H25FN2O/c1-4-21(3)28(31-30-15-14-27(32)24-8-6-5-7-9-24)25-17-20(2)16-23(19-25)18-22-10-12-26(29)13-11-22/h1,5-13,16-17,19,30H,3,14-15,18H2,2H3/b31-28+. The number of hydrogen-bond donors (Lipinski definition) is 1. The first-order valence-corrected chi connectivity index (χ1v) is 10.4. The average molecular weight is 425 g/mol. The van der Waals surface area contributed by atoms with Crippen LogP contribution in [0.2, 0.25) is 0 Å². The Morgan fingerprint density at radius 2 is 1.75 bits per heavy atom. The van der Waals surface area contributed by atoms with Crippen LogP contribution in [-0.4, -0.2) is 18.0 Å². The second-order valence-corrected chi connectivity index (χ2v) is 7.54. The van der Waals surface area contributed by atoms with Crippen LogP contribution in [0.5, 0.6) is 0 Å². The first-order valence-electron chi connectivity index (χ1n) is 10.4. The summed E-state index contributed by atoms with van der Waals surface area (Å²) in [5.74, 6) is 2.35. The van der Waals surface area contributed by atoms with Gasteiger partial charge in [0.2, 0.25) is 0 Å². The first kappa shape index (κ1) is 22.7. The van der Waals surface area contributed by atoms with Crippen LogP contribution >= 0.6 is 0 Å². The molecule has 3 nitrogen and oxygen atoms in total. The number of ketones is 1. The van der Waals surface area contributed by atoms with Gasteiger partial charge in [-0.05, 0) is 48.7 Å². The van der Waals surface area contributed by atoms with Gasteiger partial charge in [0.05, 0.1) is 0 Å². The maximum absolute atomic E-state index is 13.2. The van der Waals surface area contributed by atoms with Crippen LogP contribution in [0.4, 0.5) is 4.39 Å². The number of Topliss-reactive ketones (excluding diaryl/α,β-unsaturated/α-hetero) is 1. The molecule has 160 valence electrons. The zero-order valence-electron chi connectivity index (χ0n) is 18.1. The number of hydrazone groups is 1. The number of benzene rings is 3. The largest absolute Gasteiger partial charge is 0.309 e. The van der Waals surface area contributed by atoms with Gasteiger partial charge in [-0.3, -0.25) is 4.79 Å². The highest BCUT2D eigenvalue weighted by molar-refractivity contribution is 6.15. The molecule has 0 fully saturated rings. The fraction of sp³-hybridized carbons (Fsp3) is 0.143. The molecule has 0 atom stereocenters. The fourth-order valence-electron chi connectivity index (χ4n) is 3.39. The second kappa shape index (κ2) is 10.9. The maximum Gasteiger partial charge on any atom is 0.164 e. The van der Waals surface area contributed by atoms with Crippen molar-refractivity contribution < 1.29 is 9.18 Å². The lowest BCUT2D eigenvalue weighted by atomic mass is 9.96. The van der Waals surface area contributed by atoms with E-state index in [4.69, 9.17) is 6.42 Å². The number of allylic oxidation sites excluding steroid dienone is 1. The molecule has 3 aromatic carbocycles. The Hall–Kier alpha value is -3.97. The molecule has 3 aromatic rings. The molecule has 0 aliphatic carbocycles. The van der Waals surface area contributed by atoms with E-state index < -0.39 is 0 Å². The summed E-state index contributed by atoms with van der Waals surface area (Å²) in [7, 11) is 0. The lowest BCUT2D eigenvalue weighted by Crippen LogP contribution is -2.17. The summed E-state index contributed by atoms with van der Waals surface area (Å²) in [6.07, 6.45) is 6.57. The van der Waals surface area contributed by atoms with Gasteiger partial charge in [-0.2, -0.15) is 5.10 Å². The van der Waals surface area contributed by atoms with Crippen molar-refractivity contribution in [3.63, 3.8) is 0 Å². The summed E-state index contributed by atoms with van der Waals surface area (Å²) in [6, 6.07) is 21.7. The average Bonchev–Trinajstić information content (AvgIpc) is 2.80. The van der Waals surface area contributed by atoms with E-state index in [9.17, 15) is 9.18 Å². The number of hydrogen-bond acceptors (Lipinski definition) is 3. The Balaban J connectivity index is 1.75. The van der Waals surface area contributed by atoms with Gasteiger partial charge >= 0.3 is 0 Å². The number of nitrogens with one attached hydrogen (secondary N) is 1. The predicted octanol–water partition coefficient (Wildman–Crippen LogP) is 5.48. The minimum Gasteiger partial charge on any atom is -0.309 e. The number of carbonyl (C=O) groups is 1. The van der Waals surface area contributed by atoms with Crippen molar-refractivity contribution >= 4 is 11.5 Å². The third-order valence-corrected chi connectivity index (χ3v) is 4.94. The Kier molecular flexibility index (Phi) is 7.72. The number of rotatable bonds is 9. The molecule has 0 spiro atoms. The summed E-state index contributed by atoms with van der Waals surface area (Å²) >= 11 is 0. The summed E-state index contributed by atoms with van der Waals surface area (Å²) in [5.41, 5.74) is 8.61. The second-order valence-electron chi connectivity index (χ2n) is 7.54. The van der Waals surface area contributed by atoms with Crippen LogP contribution in [-0.2, 0) is 6.42 Å². The number of nitrogens with zero attached hydrogens (tertiary/aromatic N) is 1. The molecule has 0 heterocycles. The summed E-state index contributed by atoms with van der Waals surface area (Å²) in [4.78, 5) is 12.3. The summed E-state index contributed by atoms with van der Waals surface area (Å²) < 4.78 is 13.2. The van der Waals surface area contributed by atoms with E-state index in [2.05, 4.69) is 29.1 Å². The van der Waals surface area contributed by atoms with Crippen LogP contribution in [0.25, 0.3) is 0 Å². The third kappa shape index (κ3) is 6.26. The zero-order chi connectivity index (χ0) is 22.9. The molecule has 0 unspecified atom stereocenters. The smallest absolute Gasteiger partial charge is 0.164 e. The van der Waals surface area contributed by atoms with E-state index in [1.807, 2.05) is 37.3 Å². The van der Waals surface area contributed by atoms with E-state index in [1.165, 1.54) is 12.1 Å². The van der Waals surface area contributed by atoms with Gasteiger partial charge in [0, 0.05) is 29.7 Å². The molecule has 0 saturated heterocycles. The van der Waals surface area contributed by atoms with Crippen molar-refractivity contribution in [3.05, 3.63) is 119 Å². The molecule has 0 bridgehead atoms. The first-order chi connectivity index (χ1) is 15.5. The minimum absolute atomic E-state index is 0.0442. The molecule has 4 heteroatoms. The van der Waals surface area contributed by atoms with Gasteiger partial charge < -0.3 is 5.43 Å². The third-order valence-electron chi connectivity index (χ3n) is 4.94. The molecule has 0 aromatic heterocycles. The quantitative estimate of drug-likeness (QED) is 0.162. The van der Waals surface area contributed by atoms with Crippen LogP contribution < -0.4 is 5.43 Å². The van der Waals surface area contributed by atoms with E-state index in [-0.39, 0.29) is 11.6 Å². The van der Waals surface area contributed by atoms with Gasteiger partial charge in [-0.1, -0.05) is 66.6 Å². The zero-order valence-corrected chi connectivity index (χ0v) is 18.1. The van der Waals surface area contributed by atoms with Crippen LogP contribution in [0.1, 0.15) is 39.0 Å². The highest BCUT2D eigenvalue weighted by atomic mass is 19.1. The van der Waals surface area contributed by atoms with Crippen molar-refractivity contribution in [1.29, 1.82) is 0 Å². The summed E-state index contributed by atoms with van der Waals surface area (Å²) in [6.45, 7) is 6.33. The fourth-order valence-corrected chi connectivity index (χ4v) is 3.39. The normalized spacial score (nSPS) is 11.0. The maximum atomic E-state index is 13.2. The number of carbonyl (C=O) groups excluding carboxylic acids is 1. The molecule has 0 aliphatic heterocycles. The Morgan fingerprint density at radius 1 is 1.03 bits per heavy atom. The number of terminal acetylenes is 1. The minimum atomic E-state index is -0.254. The van der Waals surface area contributed by atoms with E-state index in [0.29, 0.717) is 36.2 Å². The van der Waals surface area contributed by atoms with Crippen LogP contribution in [0.15, 0.2) is 90.0 Å². The Bertz CT molecular complexity index is 1170. The number of aryl methyl sites for hydroxylation is 1. The molecule has 0 amide bonds. The van der Waals surface area contributed by atoms with Crippen molar-refractivity contribution in [2.75, 3.05) is 6.54 Å². The molecule has 0 aliphatic rings. The van der Waals surface area contributed by atoms with Gasteiger partial charge in [0.15, 0.2) is 5.78 Å². The lowest BCUT2D eigenvalue weighted by molar-refractivity contribution is 0.0982. The van der Waals surface area contributed by atoms with Crippen LogP contribution in [0.3, 0.4) is 0 Å². The molecular formula is C28H25FN2O. The molecule has 0 saturated carbocycles. The lowest BCUT2D eigenvalue weighted by Gasteiger charge is -2.11. The highest BCUT2D eigenvalue weighted by Crippen LogP contribution is 2.17. The molecular weight excluding hydrogens is 399 g/mol. The molecule has 1 N–H and O–H groups in total. The Labute approximate surface area is 188 Å². The number of halogens is 1. The van der Waals surface area contributed by atoms with Gasteiger partial charge in [0.25, 0.3) is 0 Å². The highest BCUT2D eigenvalue weighted by Gasteiger charge is 2.10. The van der Waals surface area contributed by atoms with Gasteiger partial charge in [-0.25, -0.2) is 4.39 Å². The van der Waals surface area contributed by atoms with Gasteiger partial charge in [0.1, 0.15) is 11.5 Å². The van der Waals surface area contributed by atoms with E-state index in [0.717, 1.165) is 22.3 Å². The molecule has 3 rings (SSSR count). The van der Waals surface area contributed by atoms with E-state index in [1.54, 1.807) is 24.3 Å². The van der Waals surface area contributed by atoms with Crippen LogP contribution in [0, 0.1) is 25.1 Å². The monoisotopic (exact) mass is 424 g/mol. The van der Waals surface area contributed by atoms with Crippen molar-refractivity contribution in [3.8, 4) is 12.3 Å². The SMILES string of the molecule is C#CC(=C)/C(=N\NCCC(=O)c1ccccc1)c1cc(C)cc(Cc2ccc(F)cc2)c1. The molecule has 32 heavy (non-hydrogen) atoms. The van der Waals surface area contributed by atoms with E-state index >= 15 is 0 Å².